The van der Waals surface area contributed by atoms with Crippen LogP contribution < -0.4 is 5.32 Å². The number of sulfonamides is 1. The first kappa shape index (κ1) is 20.6. The highest BCUT2D eigenvalue weighted by atomic mass is 32.2. The van der Waals surface area contributed by atoms with Crippen molar-refractivity contribution < 1.29 is 13.2 Å². The SMILES string of the molecule is Cc1cc(S(=O)(=O)N(C)C)cc(NC(=O)Cc2ccc(-n3cnnn3)cc2)c1C. The van der Waals surface area contributed by atoms with Gasteiger partial charge in [0.2, 0.25) is 15.9 Å². The summed E-state index contributed by atoms with van der Waals surface area (Å²) in [5.74, 6) is -0.234. The van der Waals surface area contributed by atoms with Crippen molar-refractivity contribution in [1.29, 1.82) is 0 Å². The van der Waals surface area contributed by atoms with Crippen molar-refractivity contribution in [3.05, 3.63) is 59.4 Å². The van der Waals surface area contributed by atoms with Crippen LogP contribution in [0.15, 0.2) is 47.6 Å². The van der Waals surface area contributed by atoms with Gasteiger partial charge >= 0.3 is 0 Å². The topological polar surface area (TPSA) is 110 Å². The molecular weight excluding hydrogens is 392 g/mol. The largest absolute Gasteiger partial charge is 0.326 e. The number of benzene rings is 2. The van der Waals surface area contributed by atoms with Crippen LogP contribution >= 0.6 is 0 Å². The highest BCUT2D eigenvalue weighted by molar-refractivity contribution is 7.89. The Balaban J connectivity index is 1.77. The highest BCUT2D eigenvalue weighted by Gasteiger charge is 2.20. The lowest BCUT2D eigenvalue weighted by Gasteiger charge is -2.16. The zero-order chi connectivity index (χ0) is 21.2. The maximum absolute atomic E-state index is 12.5. The first-order chi connectivity index (χ1) is 13.7. The summed E-state index contributed by atoms with van der Waals surface area (Å²) >= 11 is 0. The van der Waals surface area contributed by atoms with Gasteiger partial charge in [-0.1, -0.05) is 12.1 Å². The van der Waals surface area contributed by atoms with Crippen LogP contribution in [0.2, 0.25) is 0 Å². The van der Waals surface area contributed by atoms with Gasteiger partial charge < -0.3 is 5.32 Å². The Morgan fingerprint density at radius 2 is 1.83 bits per heavy atom. The number of nitrogens with one attached hydrogen (secondary N) is 1. The van der Waals surface area contributed by atoms with Crippen molar-refractivity contribution in [2.45, 2.75) is 25.2 Å². The van der Waals surface area contributed by atoms with Crippen molar-refractivity contribution in [1.82, 2.24) is 24.5 Å². The Bertz CT molecular complexity index is 1120. The Kier molecular flexibility index (Phi) is 5.76. The van der Waals surface area contributed by atoms with Gasteiger partial charge in [0, 0.05) is 19.8 Å². The minimum atomic E-state index is -3.60. The third-order valence-electron chi connectivity index (χ3n) is 4.61. The predicted molar refractivity (Wildman–Crippen MR) is 108 cm³/mol. The standard InChI is InChI=1S/C19H22N6O3S/c1-13-9-17(29(27,28)24(3)4)11-18(14(13)2)21-19(26)10-15-5-7-16(8-6-15)25-12-20-22-23-25/h5-9,11-12H,10H2,1-4H3,(H,21,26). The molecule has 3 rings (SSSR count). The fourth-order valence-electron chi connectivity index (χ4n) is 2.74. The van der Waals surface area contributed by atoms with E-state index in [2.05, 4.69) is 20.8 Å². The van der Waals surface area contributed by atoms with E-state index in [-0.39, 0.29) is 17.2 Å². The van der Waals surface area contributed by atoms with Gasteiger partial charge in [-0.15, -0.1) is 5.10 Å². The molecular formula is C19H22N6O3S. The van der Waals surface area contributed by atoms with Crippen LogP contribution in [0.4, 0.5) is 5.69 Å². The third-order valence-corrected chi connectivity index (χ3v) is 6.40. The maximum atomic E-state index is 12.5. The summed E-state index contributed by atoms with van der Waals surface area (Å²) in [5.41, 5.74) is 3.69. The van der Waals surface area contributed by atoms with Crippen molar-refractivity contribution in [3.8, 4) is 5.69 Å². The van der Waals surface area contributed by atoms with E-state index in [1.807, 2.05) is 38.1 Å². The number of aromatic nitrogens is 4. The first-order valence-corrected chi connectivity index (χ1v) is 10.3. The predicted octanol–water partition coefficient (Wildman–Crippen LogP) is 1.71. The average Bonchev–Trinajstić information content (AvgIpc) is 3.20. The number of carbonyl (C=O) groups is 1. The highest BCUT2D eigenvalue weighted by Crippen LogP contribution is 2.25. The molecule has 0 unspecified atom stereocenters. The summed E-state index contributed by atoms with van der Waals surface area (Å²) in [4.78, 5) is 12.7. The summed E-state index contributed by atoms with van der Waals surface area (Å²) in [7, 11) is -0.648. The minimum Gasteiger partial charge on any atom is -0.326 e. The fourth-order valence-corrected chi connectivity index (χ4v) is 3.76. The van der Waals surface area contributed by atoms with E-state index >= 15 is 0 Å². The van der Waals surface area contributed by atoms with Crippen LogP contribution in [0.25, 0.3) is 5.69 Å². The lowest BCUT2D eigenvalue weighted by Crippen LogP contribution is -2.23. The number of anilines is 1. The number of rotatable bonds is 6. The third kappa shape index (κ3) is 4.49. The van der Waals surface area contributed by atoms with E-state index in [9.17, 15) is 13.2 Å². The smallest absolute Gasteiger partial charge is 0.242 e. The lowest BCUT2D eigenvalue weighted by atomic mass is 10.1. The normalized spacial score (nSPS) is 11.6. The number of nitrogens with zero attached hydrogens (tertiary/aromatic N) is 5. The summed E-state index contributed by atoms with van der Waals surface area (Å²) in [6.07, 6.45) is 1.64. The summed E-state index contributed by atoms with van der Waals surface area (Å²) in [5, 5.41) is 13.8. The Morgan fingerprint density at radius 3 is 2.41 bits per heavy atom. The van der Waals surface area contributed by atoms with E-state index in [4.69, 9.17) is 0 Å². The molecule has 0 saturated carbocycles. The maximum Gasteiger partial charge on any atom is 0.242 e. The number of aryl methyl sites for hydroxylation is 1. The molecule has 9 nitrogen and oxygen atoms in total. The second kappa shape index (κ2) is 8.10. The van der Waals surface area contributed by atoms with Gasteiger partial charge in [0.15, 0.2) is 0 Å². The van der Waals surface area contributed by atoms with Crippen molar-refractivity contribution in [2.24, 2.45) is 0 Å². The molecule has 1 amide bonds. The second-order valence-electron chi connectivity index (χ2n) is 6.85. The zero-order valence-electron chi connectivity index (χ0n) is 16.6. The van der Waals surface area contributed by atoms with E-state index < -0.39 is 10.0 Å². The molecule has 0 atom stereocenters. The van der Waals surface area contributed by atoms with Crippen LogP contribution in [0.1, 0.15) is 16.7 Å². The van der Waals surface area contributed by atoms with Gasteiger partial charge in [-0.25, -0.2) is 17.4 Å². The van der Waals surface area contributed by atoms with Gasteiger partial charge in [0.05, 0.1) is 17.0 Å². The van der Waals surface area contributed by atoms with E-state index in [0.717, 1.165) is 26.7 Å². The van der Waals surface area contributed by atoms with Crippen LogP contribution in [-0.2, 0) is 21.2 Å². The van der Waals surface area contributed by atoms with Gasteiger partial charge in [0.1, 0.15) is 6.33 Å². The summed E-state index contributed by atoms with van der Waals surface area (Å²) < 4.78 is 27.6. The number of carbonyl (C=O) groups excluding carboxylic acids is 1. The average molecular weight is 414 g/mol. The zero-order valence-corrected chi connectivity index (χ0v) is 17.4. The number of hydrogen-bond acceptors (Lipinski definition) is 6. The summed E-state index contributed by atoms with van der Waals surface area (Å²) in [6.45, 7) is 3.66. The quantitative estimate of drug-likeness (QED) is 0.657. The molecule has 1 N–H and O–H groups in total. The first-order valence-electron chi connectivity index (χ1n) is 8.84. The van der Waals surface area contributed by atoms with Crippen LogP contribution in [0.5, 0.6) is 0 Å². The minimum absolute atomic E-state index is 0.145. The van der Waals surface area contributed by atoms with Crippen molar-refractivity contribution in [2.75, 3.05) is 19.4 Å². The molecule has 152 valence electrons. The Labute approximate surface area is 169 Å². The van der Waals surface area contributed by atoms with E-state index in [0.29, 0.717) is 5.69 Å². The van der Waals surface area contributed by atoms with Gasteiger partial charge in [0.25, 0.3) is 0 Å². The molecule has 1 heterocycles. The number of amides is 1. The molecule has 0 bridgehead atoms. The molecule has 0 radical (unpaired) electrons. The molecule has 3 aromatic rings. The van der Waals surface area contributed by atoms with Crippen LogP contribution in [-0.4, -0.2) is 52.9 Å². The molecule has 0 spiro atoms. The monoisotopic (exact) mass is 414 g/mol. The molecule has 0 fully saturated rings. The molecule has 10 heteroatoms. The van der Waals surface area contributed by atoms with Gasteiger partial charge in [-0.05, 0) is 65.2 Å². The van der Waals surface area contributed by atoms with E-state index in [1.165, 1.54) is 31.2 Å². The Hall–Kier alpha value is -3.11. The van der Waals surface area contributed by atoms with Gasteiger partial charge in [-0.3, -0.25) is 4.79 Å². The second-order valence-corrected chi connectivity index (χ2v) is 9.00. The molecule has 1 aromatic heterocycles. The molecule has 0 aliphatic rings. The van der Waals surface area contributed by atoms with Crippen molar-refractivity contribution in [3.63, 3.8) is 0 Å². The lowest BCUT2D eigenvalue weighted by molar-refractivity contribution is -0.115. The number of hydrogen-bond donors (Lipinski definition) is 1. The number of tetrazole rings is 1. The Morgan fingerprint density at radius 1 is 1.14 bits per heavy atom. The van der Waals surface area contributed by atoms with Crippen LogP contribution in [0, 0.1) is 13.8 Å². The molecule has 0 saturated heterocycles. The summed E-state index contributed by atoms with van der Waals surface area (Å²) in [6, 6.07) is 10.4. The molecule has 29 heavy (non-hydrogen) atoms. The molecule has 0 aliphatic heterocycles. The van der Waals surface area contributed by atoms with Crippen LogP contribution in [0.3, 0.4) is 0 Å². The molecule has 0 aliphatic carbocycles. The van der Waals surface area contributed by atoms with E-state index in [1.54, 1.807) is 6.07 Å². The fraction of sp³-hybridized carbons (Fsp3) is 0.263. The van der Waals surface area contributed by atoms with Gasteiger partial charge in [-0.2, -0.15) is 0 Å². The molecule has 2 aromatic carbocycles. The van der Waals surface area contributed by atoms with Crippen molar-refractivity contribution >= 4 is 21.6 Å².